The van der Waals surface area contributed by atoms with Gasteiger partial charge in [-0.2, -0.15) is 0 Å². The highest BCUT2D eigenvalue weighted by molar-refractivity contribution is 6.26. The number of rotatable bonds is 4. The molecule has 252 valence electrons. The van der Waals surface area contributed by atoms with Gasteiger partial charge in [0.05, 0.1) is 12.1 Å². The summed E-state index contributed by atoms with van der Waals surface area (Å²) in [5.41, 5.74) is 11.2. The molecule has 0 unspecified atom stereocenters. The molecular weight excluding hydrogens is 665 g/mol. The van der Waals surface area contributed by atoms with Gasteiger partial charge in [0.25, 0.3) is 0 Å². The molecule has 0 saturated heterocycles. The van der Waals surface area contributed by atoms with Crippen molar-refractivity contribution in [3.63, 3.8) is 0 Å². The minimum absolute atomic E-state index is 0.657. The summed E-state index contributed by atoms with van der Waals surface area (Å²) in [5.74, 6) is 0. The Bertz CT molecular complexity index is 3460. The van der Waals surface area contributed by atoms with Gasteiger partial charge in [0.15, 0.2) is 5.69 Å². The van der Waals surface area contributed by atoms with E-state index < -0.39 is 0 Å². The molecule has 0 saturated carbocycles. The SMILES string of the molecule is [C-]#[N+]c1cc2ccc3cc(-c4ccc(-c5cc6ccc7cc(-c8ccc9ccccc9c8)cc8ccc(c5)c6c78)cc4)cc4c3c2c(c1)n4-c1ccccc1. The monoisotopic (exact) mass is 694 g/mol. The molecule has 55 heavy (non-hydrogen) atoms. The molecule has 0 radical (unpaired) electrons. The molecule has 0 aliphatic rings. The summed E-state index contributed by atoms with van der Waals surface area (Å²) < 4.78 is 2.32. The first kappa shape index (κ1) is 30.0. The zero-order valence-corrected chi connectivity index (χ0v) is 29.7. The van der Waals surface area contributed by atoms with E-state index >= 15 is 0 Å². The average molecular weight is 695 g/mol. The van der Waals surface area contributed by atoms with Crippen molar-refractivity contribution < 1.29 is 0 Å². The van der Waals surface area contributed by atoms with Crippen LogP contribution in [0.2, 0.25) is 0 Å². The first-order valence-electron chi connectivity index (χ1n) is 18.8. The molecular formula is C53H30N2. The second kappa shape index (κ2) is 11.3. The standard InChI is InChI=1S/C53H30N2/c1-54-46-29-42-22-21-41-28-45(30-48-52(41)53(42)49(31-46)55(48)47-9-3-2-4-10-47)34-13-11-33(12-14-34)43-24-37-17-19-39-26-44(27-40-20-18-38(25-43)50(37)51(39)40)36-16-15-32-7-5-6-8-35(32)23-36/h2-31H. The van der Waals surface area contributed by atoms with Gasteiger partial charge in [-0.25, -0.2) is 4.85 Å². The highest BCUT2D eigenvalue weighted by atomic mass is 15.0. The van der Waals surface area contributed by atoms with Crippen LogP contribution in [-0.4, -0.2) is 4.57 Å². The maximum atomic E-state index is 7.78. The van der Waals surface area contributed by atoms with E-state index in [4.69, 9.17) is 6.57 Å². The third-order valence-corrected chi connectivity index (χ3v) is 11.8. The predicted molar refractivity (Wildman–Crippen MR) is 233 cm³/mol. The Morgan fingerprint density at radius 2 is 0.727 bits per heavy atom. The fraction of sp³-hybridized carbons (Fsp3) is 0. The van der Waals surface area contributed by atoms with Gasteiger partial charge >= 0.3 is 0 Å². The maximum absolute atomic E-state index is 7.78. The van der Waals surface area contributed by atoms with Crippen LogP contribution >= 0.6 is 0 Å². The highest BCUT2D eigenvalue weighted by Crippen LogP contribution is 2.44. The van der Waals surface area contributed by atoms with E-state index in [0.29, 0.717) is 5.69 Å². The van der Waals surface area contributed by atoms with Crippen molar-refractivity contribution in [2.24, 2.45) is 0 Å². The predicted octanol–water partition coefficient (Wildman–Crippen LogP) is 15.0. The summed E-state index contributed by atoms with van der Waals surface area (Å²) >= 11 is 0. The topological polar surface area (TPSA) is 9.29 Å². The van der Waals surface area contributed by atoms with E-state index in [2.05, 4.69) is 179 Å². The zero-order chi connectivity index (χ0) is 36.2. The van der Waals surface area contributed by atoms with Gasteiger partial charge in [0, 0.05) is 22.0 Å². The van der Waals surface area contributed by atoms with Crippen LogP contribution < -0.4 is 0 Å². The van der Waals surface area contributed by atoms with Crippen molar-refractivity contribution in [3.05, 3.63) is 193 Å². The molecule has 0 atom stereocenters. The minimum Gasteiger partial charge on any atom is -0.310 e. The van der Waals surface area contributed by atoms with Crippen LogP contribution in [-0.2, 0) is 0 Å². The Morgan fingerprint density at radius 1 is 0.309 bits per heavy atom. The van der Waals surface area contributed by atoms with Crippen LogP contribution in [0.3, 0.4) is 0 Å². The maximum Gasteiger partial charge on any atom is 0.189 e. The molecule has 1 aromatic heterocycles. The Hall–Kier alpha value is -7.47. The summed E-state index contributed by atoms with van der Waals surface area (Å²) in [5, 5.41) is 15.0. The molecule has 12 aromatic rings. The third-order valence-electron chi connectivity index (χ3n) is 11.8. The molecule has 0 spiro atoms. The minimum atomic E-state index is 0.657. The molecule has 0 fully saturated rings. The quantitative estimate of drug-likeness (QED) is 0.128. The normalized spacial score (nSPS) is 12.0. The lowest BCUT2D eigenvalue weighted by Gasteiger charge is -2.15. The Balaban J connectivity index is 0.951. The third kappa shape index (κ3) is 4.48. The lowest BCUT2D eigenvalue weighted by atomic mass is 9.89. The Kier molecular flexibility index (Phi) is 6.15. The summed E-state index contributed by atoms with van der Waals surface area (Å²) in [4.78, 5) is 3.82. The van der Waals surface area contributed by atoms with E-state index in [9.17, 15) is 0 Å². The van der Waals surface area contributed by atoms with Crippen molar-refractivity contribution in [1.29, 1.82) is 0 Å². The average Bonchev–Trinajstić information content (AvgIpc) is 3.59. The van der Waals surface area contributed by atoms with Crippen LogP contribution in [0.15, 0.2) is 182 Å². The van der Waals surface area contributed by atoms with Gasteiger partial charge in [-0.15, -0.1) is 0 Å². The van der Waals surface area contributed by atoms with Gasteiger partial charge in [-0.3, -0.25) is 0 Å². The van der Waals surface area contributed by atoms with Crippen molar-refractivity contribution in [2.45, 2.75) is 0 Å². The van der Waals surface area contributed by atoms with Crippen LogP contribution in [0.4, 0.5) is 5.69 Å². The Labute approximate surface area is 317 Å². The lowest BCUT2D eigenvalue weighted by molar-refractivity contribution is 1.18. The van der Waals surface area contributed by atoms with E-state index in [1.54, 1.807) is 0 Å². The number of fused-ring (bicyclic) bond motifs is 1. The summed E-state index contributed by atoms with van der Waals surface area (Å²) in [7, 11) is 0. The van der Waals surface area contributed by atoms with Gasteiger partial charge in [0.2, 0.25) is 0 Å². The van der Waals surface area contributed by atoms with Crippen LogP contribution in [0.25, 0.3) is 120 Å². The van der Waals surface area contributed by atoms with E-state index in [-0.39, 0.29) is 0 Å². The molecule has 0 N–H and O–H groups in total. The number of nitrogens with zero attached hydrogens (tertiary/aromatic N) is 2. The van der Waals surface area contributed by atoms with Crippen molar-refractivity contribution in [2.75, 3.05) is 0 Å². The van der Waals surface area contributed by atoms with Gasteiger partial charge in [-0.1, -0.05) is 115 Å². The molecule has 1 heterocycles. The second-order valence-corrected chi connectivity index (χ2v) is 14.9. The van der Waals surface area contributed by atoms with E-state index in [0.717, 1.165) is 22.1 Å². The molecule has 0 bridgehead atoms. The molecule has 11 aromatic carbocycles. The lowest BCUT2D eigenvalue weighted by Crippen LogP contribution is -1.93. The van der Waals surface area contributed by atoms with Crippen molar-refractivity contribution >= 4 is 81.4 Å². The van der Waals surface area contributed by atoms with Crippen molar-refractivity contribution in [3.8, 4) is 39.1 Å². The Morgan fingerprint density at radius 3 is 1.31 bits per heavy atom. The molecule has 2 heteroatoms. The van der Waals surface area contributed by atoms with Gasteiger partial charge < -0.3 is 4.57 Å². The zero-order valence-electron chi connectivity index (χ0n) is 29.7. The molecule has 0 aliphatic carbocycles. The second-order valence-electron chi connectivity index (χ2n) is 14.9. The number of aromatic nitrogens is 1. The fourth-order valence-corrected chi connectivity index (χ4v) is 9.23. The van der Waals surface area contributed by atoms with E-state index in [1.165, 1.54) is 92.6 Å². The fourth-order valence-electron chi connectivity index (χ4n) is 9.23. The van der Waals surface area contributed by atoms with Gasteiger partial charge in [-0.05, 0) is 154 Å². The molecule has 12 rings (SSSR count). The number of benzene rings is 11. The number of para-hydroxylation sites is 1. The van der Waals surface area contributed by atoms with Gasteiger partial charge in [0.1, 0.15) is 0 Å². The summed E-state index contributed by atoms with van der Waals surface area (Å²) in [6, 6.07) is 66.5. The number of hydrogen-bond acceptors (Lipinski definition) is 0. The molecule has 0 amide bonds. The van der Waals surface area contributed by atoms with E-state index in [1.807, 2.05) is 12.1 Å². The smallest absolute Gasteiger partial charge is 0.189 e. The van der Waals surface area contributed by atoms with Crippen LogP contribution in [0.1, 0.15) is 0 Å². The van der Waals surface area contributed by atoms with Crippen LogP contribution in [0, 0.1) is 6.57 Å². The molecule has 0 aliphatic heterocycles. The number of hydrogen-bond donors (Lipinski definition) is 0. The van der Waals surface area contributed by atoms with Crippen molar-refractivity contribution in [1.82, 2.24) is 4.57 Å². The first-order valence-corrected chi connectivity index (χ1v) is 18.8. The molecule has 2 nitrogen and oxygen atoms in total. The summed E-state index contributed by atoms with van der Waals surface area (Å²) in [6.07, 6.45) is 0. The van der Waals surface area contributed by atoms with Crippen LogP contribution in [0.5, 0.6) is 0 Å². The largest absolute Gasteiger partial charge is 0.310 e. The summed E-state index contributed by atoms with van der Waals surface area (Å²) in [6.45, 7) is 7.78. The first-order chi connectivity index (χ1) is 27.2. The highest BCUT2D eigenvalue weighted by Gasteiger charge is 2.19.